The van der Waals surface area contributed by atoms with E-state index in [4.69, 9.17) is 5.26 Å². The SMILES string of the molecule is C[C@@H](CN[C@@H](C(=O)Nc1ccc(-c2cnn(C)c2)cn1)c1ccccc1)c1ccc(C#N)cc1. The van der Waals surface area contributed by atoms with Gasteiger partial charge >= 0.3 is 0 Å². The van der Waals surface area contributed by atoms with Crippen LogP contribution in [0, 0.1) is 11.3 Å². The summed E-state index contributed by atoms with van der Waals surface area (Å²) >= 11 is 0. The summed E-state index contributed by atoms with van der Waals surface area (Å²) in [5, 5.41) is 19.5. The highest BCUT2D eigenvalue weighted by atomic mass is 16.2. The van der Waals surface area contributed by atoms with Crippen molar-refractivity contribution in [2.75, 3.05) is 11.9 Å². The lowest BCUT2D eigenvalue weighted by Crippen LogP contribution is -2.35. The number of anilines is 1. The lowest BCUT2D eigenvalue weighted by molar-refractivity contribution is -0.118. The summed E-state index contributed by atoms with van der Waals surface area (Å²) in [7, 11) is 1.87. The maximum absolute atomic E-state index is 13.2. The van der Waals surface area contributed by atoms with Crippen LogP contribution in [0.5, 0.6) is 0 Å². The highest BCUT2D eigenvalue weighted by molar-refractivity contribution is 5.95. The topological polar surface area (TPSA) is 95.6 Å². The average Bonchev–Trinajstić information content (AvgIpc) is 3.31. The molecule has 0 unspecified atom stereocenters. The standard InChI is InChI=1S/C27H26N6O/c1-19(21-10-8-20(14-28)9-11-21)15-30-26(22-6-4-3-5-7-22)27(34)32-25-13-12-23(16-29-25)24-17-31-33(2)18-24/h3-13,16-19,26,30H,15H2,1-2H3,(H,29,32,34)/t19-,26+/m0/s1. The van der Waals surface area contributed by atoms with E-state index in [0.29, 0.717) is 17.9 Å². The molecule has 34 heavy (non-hydrogen) atoms. The Balaban J connectivity index is 1.46. The van der Waals surface area contributed by atoms with Crippen molar-refractivity contribution in [3.63, 3.8) is 0 Å². The quantitative estimate of drug-likeness (QED) is 0.414. The minimum Gasteiger partial charge on any atom is -0.309 e. The van der Waals surface area contributed by atoms with E-state index in [2.05, 4.69) is 33.7 Å². The van der Waals surface area contributed by atoms with Gasteiger partial charge in [-0.2, -0.15) is 10.4 Å². The zero-order valence-electron chi connectivity index (χ0n) is 19.1. The van der Waals surface area contributed by atoms with Gasteiger partial charge in [0.05, 0.1) is 17.8 Å². The zero-order chi connectivity index (χ0) is 23.9. The smallest absolute Gasteiger partial charge is 0.247 e. The van der Waals surface area contributed by atoms with Gasteiger partial charge in [0.25, 0.3) is 0 Å². The largest absolute Gasteiger partial charge is 0.309 e. The van der Waals surface area contributed by atoms with E-state index < -0.39 is 6.04 Å². The molecule has 4 rings (SSSR count). The molecule has 7 nitrogen and oxygen atoms in total. The van der Waals surface area contributed by atoms with Crippen molar-refractivity contribution < 1.29 is 4.79 Å². The molecule has 0 saturated carbocycles. The molecule has 0 spiro atoms. The Bertz CT molecular complexity index is 1270. The molecule has 0 bridgehead atoms. The van der Waals surface area contributed by atoms with Gasteiger partial charge in [-0.3, -0.25) is 9.48 Å². The number of aryl methyl sites for hydroxylation is 1. The monoisotopic (exact) mass is 450 g/mol. The van der Waals surface area contributed by atoms with E-state index in [0.717, 1.165) is 22.3 Å². The molecule has 4 aromatic rings. The summed E-state index contributed by atoms with van der Waals surface area (Å²) < 4.78 is 1.74. The molecule has 0 fully saturated rings. The van der Waals surface area contributed by atoms with Gasteiger partial charge in [-0.25, -0.2) is 4.98 Å². The Labute approximate surface area is 199 Å². The molecule has 0 radical (unpaired) electrons. The lowest BCUT2D eigenvalue weighted by Gasteiger charge is -2.21. The van der Waals surface area contributed by atoms with E-state index in [9.17, 15) is 4.79 Å². The van der Waals surface area contributed by atoms with Crippen molar-refractivity contribution in [1.29, 1.82) is 5.26 Å². The second-order valence-electron chi connectivity index (χ2n) is 8.21. The van der Waals surface area contributed by atoms with E-state index >= 15 is 0 Å². The van der Waals surface area contributed by atoms with Gasteiger partial charge in [0.2, 0.25) is 5.91 Å². The second kappa shape index (κ2) is 10.6. The van der Waals surface area contributed by atoms with Crippen LogP contribution in [0.4, 0.5) is 5.82 Å². The molecule has 7 heteroatoms. The van der Waals surface area contributed by atoms with Crippen LogP contribution in [0.1, 0.15) is 35.6 Å². The van der Waals surface area contributed by atoms with Crippen molar-refractivity contribution >= 4 is 11.7 Å². The molecule has 0 saturated heterocycles. The molecule has 0 aliphatic heterocycles. The third-order valence-electron chi connectivity index (χ3n) is 5.69. The van der Waals surface area contributed by atoms with Crippen LogP contribution in [0.15, 0.2) is 85.3 Å². The molecule has 1 amide bonds. The number of rotatable bonds is 8. The van der Waals surface area contributed by atoms with Gasteiger partial charge < -0.3 is 10.6 Å². The molecule has 2 aromatic carbocycles. The molecule has 0 aliphatic rings. The first-order valence-electron chi connectivity index (χ1n) is 11.1. The minimum atomic E-state index is -0.540. The molecule has 2 aromatic heterocycles. The average molecular weight is 451 g/mol. The number of hydrogen-bond donors (Lipinski definition) is 2. The van der Waals surface area contributed by atoms with Crippen molar-refractivity contribution in [2.45, 2.75) is 18.9 Å². The van der Waals surface area contributed by atoms with E-state index in [-0.39, 0.29) is 11.8 Å². The Hall–Kier alpha value is -4.28. The van der Waals surface area contributed by atoms with E-state index in [1.54, 1.807) is 23.1 Å². The summed E-state index contributed by atoms with van der Waals surface area (Å²) in [6, 6.07) is 22.5. The molecule has 2 heterocycles. The molecule has 2 N–H and O–H groups in total. The third-order valence-corrected chi connectivity index (χ3v) is 5.69. The summed E-state index contributed by atoms with van der Waals surface area (Å²) in [6.07, 6.45) is 5.42. The van der Waals surface area contributed by atoms with Crippen LogP contribution in [0.25, 0.3) is 11.1 Å². The first-order valence-corrected chi connectivity index (χ1v) is 11.1. The number of carbonyl (C=O) groups is 1. The van der Waals surface area contributed by atoms with Crippen LogP contribution < -0.4 is 10.6 Å². The fourth-order valence-corrected chi connectivity index (χ4v) is 3.71. The molecular formula is C27H26N6O. The normalized spacial score (nSPS) is 12.5. The molecule has 0 aliphatic carbocycles. The number of nitrogens with one attached hydrogen (secondary N) is 2. The van der Waals surface area contributed by atoms with Gasteiger partial charge in [0, 0.05) is 37.1 Å². The second-order valence-corrected chi connectivity index (χ2v) is 8.21. The Morgan fingerprint density at radius 1 is 1.00 bits per heavy atom. The van der Waals surface area contributed by atoms with Crippen molar-refractivity contribution in [3.05, 3.63) is 102 Å². The fourth-order valence-electron chi connectivity index (χ4n) is 3.71. The van der Waals surface area contributed by atoms with Crippen molar-refractivity contribution in [2.24, 2.45) is 7.05 Å². The minimum absolute atomic E-state index is 0.156. The fraction of sp³-hybridized carbons (Fsp3) is 0.185. The predicted octanol–water partition coefficient (Wildman–Crippen LogP) is 4.43. The number of nitrogens with zero attached hydrogens (tertiary/aromatic N) is 4. The molecule has 2 atom stereocenters. The number of aromatic nitrogens is 3. The van der Waals surface area contributed by atoms with E-state index in [1.165, 1.54) is 0 Å². The van der Waals surface area contributed by atoms with Gasteiger partial charge in [-0.05, 0) is 41.3 Å². The highest BCUT2D eigenvalue weighted by Gasteiger charge is 2.21. The maximum Gasteiger partial charge on any atom is 0.247 e. The molecule has 170 valence electrons. The van der Waals surface area contributed by atoms with Crippen LogP contribution in [0.2, 0.25) is 0 Å². The van der Waals surface area contributed by atoms with Crippen LogP contribution >= 0.6 is 0 Å². The van der Waals surface area contributed by atoms with Gasteiger partial charge in [-0.15, -0.1) is 0 Å². The summed E-state index contributed by atoms with van der Waals surface area (Å²) in [6.45, 7) is 2.68. The Morgan fingerprint density at radius 3 is 2.38 bits per heavy atom. The number of carbonyl (C=O) groups excluding carboxylic acids is 1. The summed E-state index contributed by atoms with van der Waals surface area (Å²) in [5.41, 5.74) is 4.51. The van der Waals surface area contributed by atoms with E-state index in [1.807, 2.05) is 73.9 Å². The first-order chi connectivity index (χ1) is 16.5. The van der Waals surface area contributed by atoms with Crippen molar-refractivity contribution in [1.82, 2.24) is 20.1 Å². The van der Waals surface area contributed by atoms with Gasteiger partial charge in [-0.1, -0.05) is 49.4 Å². The Morgan fingerprint density at radius 2 is 1.76 bits per heavy atom. The number of amides is 1. The van der Waals surface area contributed by atoms with Crippen LogP contribution in [-0.2, 0) is 11.8 Å². The van der Waals surface area contributed by atoms with Gasteiger partial charge in [0.15, 0.2) is 0 Å². The van der Waals surface area contributed by atoms with Gasteiger partial charge in [0.1, 0.15) is 11.9 Å². The zero-order valence-corrected chi connectivity index (χ0v) is 19.1. The molecular weight excluding hydrogens is 424 g/mol. The maximum atomic E-state index is 13.2. The number of pyridine rings is 1. The Kier molecular flexibility index (Phi) is 7.11. The predicted molar refractivity (Wildman–Crippen MR) is 132 cm³/mol. The van der Waals surface area contributed by atoms with Crippen molar-refractivity contribution in [3.8, 4) is 17.2 Å². The lowest BCUT2D eigenvalue weighted by atomic mass is 9.98. The third kappa shape index (κ3) is 5.55. The number of hydrogen-bond acceptors (Lipinski definition) is 5. The number of benzene rings is 2. The first kappa shape index (κ1) is 22.9. The highest BCUT2D eigenvalue weighted by Crippen LogP contribution is 2.21. The van der Waals surface area contributed by atoms with Crippen LogP contribution in [0.3, 0.4) is 0 Å². The summed E-state index contributed by atoms with van der Waals surface area (Å²) in [5.74, 6) is 0.462. The van der Waals surface area contributed by atoms with Crippen LogP contribution in [-0.4, -0.2) is 27.2 Å². The summed E-state index contributed by atoms with van der Waals surface area (Å²) in [4.78, 5) is 17.7. The number of nitriles is 1.